The van der Waals surface area contributed by atoms with E-state index in [4.69, 9.17) is 4.74 Å². The van der Waals surface area contributed by atoms with Gasteiger partial charge >= 0.3 is 0 Å². The zero-order valence-electron chi connectivity index (χ0n) is 9.62. The quantitative estimate of drug-likeness (QED) is 0.611. The Kier molecular flexibility index (Phi) is 5.35. The molecule has 0 bridgehead atoms. The number of ketones is 1. The molecule has 0 aliphatic rings. The van der Waals surface area contributed by atoms with Crippen molar-refractivity contribution in [3.05, 3.63) is 23.8 Å². The summed E-state index contributed by atoms with van der Waals surface area (Å²) in [6.07, 6.45) is 2.00. The van der Waals surface area contributed by atoms with Crippen LogP contribution in [0.2, 0.25) is 0 Å². The van der Waals surface area contributed by atoms with Gasteiger partial charge in [-0.2, -0.15) is 0 Å². The molecule has 0 N–H and O–H groups in total. The first-order chi connectivity index (χ1) is 7.61. The van der Waals surface area contributed by atoms with Crippen LogP contribution in [-0.2, 0) is 4.79 Å². The maximum atomic E-state index is 11.4. The van der Waals surface area contributed by atoms with Gasteiger partial charge in [-0.25, -0.2) is 0 Å². The summed E-state index contributed by atoms with van der Waals surface area (Å²) in [6.45, 7) is 4.11. The van der Waals surface area contributed by atoms with Crippen molar-refractivity contribution in [2.24, 2.45) is 0 Å². The van der Waals surface area contributed by atoms with Crippen LogP contribution in [0.4, 0.5) is 0 Å². The molecule has 0 radical (unpaired) electrons. The van der Waals surface area contributed by atoms with Crippen LogP contribution in [0.5, 0.6) is 5.75 Å². The Labute approximate surface area is 109 Å². The molecule has 0 heterocycles. The predicted octanol–water partition coefficient (Wildman–Crippen LogP) is 3.83. The molecule has 0 aromatic heterocycles. The average Bonchev–Trinajstić information content (AvgIpc) is 2.28. The van der Waals surface area contributed by atoms with Gasteiger partial charge in [0.1, 0.15) is 16.4 Å². The number of alkyl halides is 1. The first-order valence-corrected chi connectivity index (χ1v) is 7.20. The van der Waals surface area contributed by atoms with Crippen molar-refractivity contribution in [3.63, 3.8) is 0 Å². The van der Waals surface area contributed by atoms with Crippen molar-refractivity contribution in [2.75, 3.05) is 12.9 Å². The lowest BCUT2D eigenvalue weighted by atomic mass is 10.1. The molecule has 0 aliphatic carbocycles. The Bertz CT molecular complexity index is 379. The molecular weight excluding hydrogens is 288 g/mol. The molecule has 88 valence electrons. The van der Waals surface area contributed by atoms with Gasteiger partial charge in [0.25, 0.3) is 0 Å². The van der Waals surface area contributed by atoms with Crippen molar-refractivity contribution in [2.45, 2.75) is 23.6 Å². The van der Waals surface area contributed by atoms with Crippen LogP contribution in [0.1, 0.15) is 24.2 Å². The van der Waals surface area contributed by atoms with E-state index in [9.17, 15) is 4.79 Å². The summed E-state index contributed by atoms with van der Waals surface area (Å²) >= 11 is 5.02. The normalized spacial score (nSPS) is 12.2. The summed E-state index contributed by atoms with van der Waals surface area (Å²) in [5.74, 6) is 0.897. The Morgan fingerprint density at radius 3 is 2.75 bits per heavy atom. The van der Waals surface area contributed by atoms with Gasteiger partial charge in [0.15, 0.2) is 0 Å². The largest absolute Gasteiger partial charge is 0.492 e. The number of thioether (sulfide) groups is 1. The lowest BCUT2D eigenvalue weighted by Crippen LogP contribution is -2.05. The van der Waals surface area contributed by atoms with E-state index < -0.39 is 0 Å². The molecule has 0 fully saturated rings. The van der Waals surface area contributed by atoms with Gasteiger partial charge in [-0.15, -0.1) is 11.8 Å². The van der Waals surface area contributed by atoms with Crippen LogP contribution in [0.15, 0.2) is 23.1 Å². The number of hydrogen-bond donors (Lipinski definition) is 0. The molecule has 0 amide bonds. The van der Waals surface area contributed by atoms with Gasteiger partial charge in [-0.1, -0.05) is 28.1 Å². The lowest BCUT2D eigenvalue weighted by molar-refractivity contribution is -0.116. The Balaban J connectivity index is 3.20. The number of carbonyl (C=O) groups is 1. The third-order valence-corrected chi connectivity index (χ3v) is 4.05. The molecule has 1 aromatic carbocycles. The molecule has 0 spiro atoms. The second-order valence-electron chi connectivity index (χ2n) is 3.28. The van der Waals surface area contributed by atoms with E-state index in [1.807, 2.05) is 31.4 Å². The highest BCUT2D eigenvalue weighted by molar-refractivity contribution is 9.09. The van der Waals surface area contributed by atoms with Crippen LogP contribution in [-0.4, -0.2) is 18.6 Å². The number of benzene rings is 1. The van der Waals surface area contributed by atoms with Gasteiger partial charge in [0, 0.05) is 10.5 Å². The SMILES string of the molecule is CCOc1c(SC)cccc1C(Br)C(C)=O. The molecule has 16 heavy (non-hydrogen) atoms. The lowest BCUT2D eigenvalue weighted by Gasteiger charge is -2.16. The summed E-state index contributed by atoms with van der Waals surface area (Å²) in [5, 5.41) is 0. The Hall–Kier alpha value is -0.480. The molecular formula is C12H15BrO2S. The van der Waals surface area contributed by atoms with Crippen LogP contribution >= 0.6 is 27.7 Å². The number of Topliss-reactive ketones (excluding diaryl/α,β-unsaturated/α-hetero) is 1. The minimum absolute atomic E-state index is 0.0826. The third kappa shape index (κ3) is 3.01. The third-order valence-electron chi connectivity index (χ3n) is 2.15. The van der Waals surface area contributed by atoms with E-state index >= 15 is 0 Å². The van der Waals surface area contributed by atoms with Crippen molar-refractivity contribution < 1.29 is 9.53 Å². The van der Waals surface area contributed by atoms with Crippen LogP contribution in [0.3, 0.4) is 0 Å². The average molecular weight is 303 g/mol. The molecule has 0 saturated heterocycles. The van der Waals surface area contributed by atoms with Gasteiger partial charge in [0.2, 0.25) is 0 Å². The topological polar surface area (TPSA) is 26.3 Å². The monoisotopic (exact) mass is 302 g/mol. The van der Waals surface area contributed by atoms with Crippen molar-refractivity contribution in [1.29, 1.82) is 0 Å². The summed E-state index contributed by atoms with van der Waals surface area (Å²) in [4.78, 5) is 12.2. The first kappa shape index (κ1) is 13.6. The van der Waals surface area contributed by atoms with E-state index in [-0.39, 0.29) is 10.6 Å². The number of hydrogen-bond acceptors (Lipinski definition) is 3. The van der Waals surface area contributed by atoms with Gasteiger partial charge in [-0.05, 0) is 26.2 Å². The van der Waals surface area contributed by atoms with Gasteiger partial charge in [-0.3, -0.25) is 4.79 Å². The minimum atomic E-state index is -0.291. The standard InChI is InChI=1S/C12H15BrO2S/c1-4-15-12-9(11(13)8(2)14)6-5-7-10(12)16-3/h5-7,11H,4H2,1-3H3. The molecule has 0 aliphatic heterocycles. The highest BCUT2D eigenvalue weighted by atomic mass is 79.9. The Morgan fingerprint density at radius 2 is 2.25 bits per heavy atom. The molecule has 4 heteroatoms. The molecule has 1 unspecified atom stereocenters. The molecule has 0 saturated carbocycles. The minimum Gasteiger partial charge on any atom is -0.492 e. The first-order valence-electron chi connectivity index (χ1n) is 5.06. The highest BCUT2D eigenvalue weighted by Gasteiger charge is 2.19. The summed E-state index contributed by atoms with van der Waals surface area (Å²) in [6, 6.07) is 5.87. The van der Waals surface area contributed by atoms with Crippen molar-refractivity contribution >= 4 is 33.5 Å². The van der Waals surface area contributed by atoms with E-state index in [2.05, 4.69) is 15.9 Å². The summed E-state index contributed by atoms with van der Waals surface area (Å²) in [5.41, 5.74) is 0.904. The zero-order valence-corrected chi connectivity index (χ0v) is 12.0. The molecule has 1 aromatic rings. The number of para-hydroxylation sites is 1. The number of rotatable bonds is 5. The Morgan fingerprint density at radius 1 is 1.56 bits per heavy atom. The maximum absolute atomic E-state index is 11.4. The fourth-order valence-electron chi connectivity index (χ4n) is 1.41. The molecule has 2 nitrogen and oxygen atoms in total. The summed E-state index contributed by atoms with van der Waals surface area (Å²) in [7, 11) is 0. The fraction of sp³-hybridized carbons (Fsp3) is 0.417. The summed E-state index contributed by atoms with van der Waals surface area (Å²) < 4.78 is 5.63. The number of halogens is 1. The van der Waals surface area contributed by atoms with Gasteiger partial charge in [0.05, 0.1) is 6.61 Å². The highest BCUT2D eigenvalue weighted by Crippen LogP contribution is 2.38. The van der Waals surface area contributed by atoms with Gasteiger partial charge < -0.3 is 4.74 Å². The molecule has 1 atom stereocenters. The van der Waals surface area contributed by atoms with E-state index in [1.165, 1.54) is 0 Å². The smallest absolute Gasteiger partial charge is 0.147 e. The van der Waals surface area contributed by atoms with E-state index in [0.717, 1.165) is 16.2 Å². The fourth-order valence-corrected chi connectivity index (χ4v) is 2.35. The van der Waals surface area contributed by atoms with Crippen molar-refractivity contribution in [3.8, 4) is 5.75 Å². The van der Waals surface area contributed by atoms with Crippen LogP contribution in [0, 0.1) is 0 Å². The number of ether oxygens (including phenoxy) is 1. The van der Waals surface area contributed by atoms with Crippen molar-refractivity contribution in [1.82, 2.24) is 0 Å². The van der Waals surface area contributed by atoms with Crippen LogP contribution in [0.25, 0.3) is 0 Å². The second kappa shape index (κ2) is 6.30. The number of carbonyl (C=O) groups excluding carboxylic acids is 1. The van der Waals surface area contributed by atoms with E-state index in [0.29, 0.717) is 6.61 Å². The van der Waals surface area contributed by atoms with E-state index in [1.54, 1.807) is 18.7 Å². The predicted molar refractivity (Wildman–Crippen MR) is 71.7 cm³/mol. The van der Waals surface area contributed by atoms with Crippen LogP contribution < -0.4 is 4.74 Å². The second-order valence-corrected chi connectivity index (χ2v) is 5.05. The molecule has 1 rings (SSSR count). The maximum Gasteiger partial charge on any atom is 0.147 e. The zero-order chi connectivity index (χ0) is 12.1.